The Morgan fingerprint density at radius 1 is 1.20 bits per heavy atom. The number of ether oxygens (including phenoxy) is 1. The maximum Gasteiger partial charge on any atom is 0.338 e. The standard InChI is InChI=1S/C16H14N2O2/c1-2-20-16(19)12-7-5-6-11(10-12)15-17-13-8-3-4-9-14(13)18-15/h3-10H,2H2,1H3,(H,17,18). The highest BCUT2D eigenvalue weighted by Gasteiger charge is 2.10. The van der Waals surface area contributed by atoms with Crippen LogP contribution in [-0.4, -0.2) is 22.5 Å². The molecule has 1 N–H and O–H groups in total. The minimum absolute atomic E-state index is 0.314. The van der Waals surface area contributed by atoms with Gasteiger partial charge < -0.3 is 9.72 Å². The van der Waals surface area contributed by atoms with Crippen LogP contribution in [0.2, 0.25) is 0 Å². The number of rotatable bonds is 3. The number of benzene rings is 2. The van der Waals surface area contributed by atoms with E-state index in [1.54, 1.807) is 19.1 Å². The van der Waals surface area contributed by atoms with E-state index in [0.717, 1.165) is 22.4 Å². The first-order valence-corrected chi connectivity index (χ1v) is 6.50. The Morgan fingerprint density at radius 2 is 2.05 bits per heavy atom. The van der Waals surface area contributed by atoms with Crippen molar-refractivity contribution in [3.05, 3.63) is 54.1 Å². The molecule has 2 aromatic carbocycles. The number of aromatic amines is 1. The van der Waals surface area contributed by atoms with Crippen LogP contribution in [0.15, 0.2) is 48.5 Å². The molecule has 0 amide bonds. The molecule has 20 heavy (non-hydrogen) atoms. The number of carbonyl (C=O) groups excluding carboxylic acids is 1. The van der Waals surface area contributed by atoms with E-state index < -0.39 is 0 Å². The number of carbonyl (C=O) groups is 1. The molecule has 3 aromatic rings. The molecule has 0 radical (unpaired) electrons. The Bertz CT molecular complexity index is 729. The van der Waals surface area contributed by atoms with E-state index in [4.69, 9.17) is 4.74 Å². The van der Waals surface area contributed by atoms with E-state index in [9.17, 15) is 4.79 Å². The largest absolute Gasteiger partial charge is 0.462 e. The number of imidazole rings is 1. The Labute approximate surface area is 116 Å². The first kappa shape index (κ1) is 12.4. The summed E-state index contributed by atoms with van der Waals surface area (Å²) in [5.74, 6) is 0.433. The molecular formula is C16H14N2O2. The van der Waals surface area contributed by atoms with Gasteiger partial charge in [0.25, 0.3) is 0 Å². The van der Waals surface area contributed by atoms with Crippen LogP contribution in [0.1, 0.15) is 17.3 Å². The number of para-hydroxylation sites is 2. The number of nitrogens with zero attached hydrogens (tertiary/aromatic N) is 1. The second kappa shape index (κ2) is 5.17. The number of H-pyrrole nitrogens is 1. The maximum absolute atomic E-state index is 11.7. The summed E-state index contributed by atoms with van der Waals surface area (Å²) in [5, 5.41) is 0. The highest BCUT2D eigenvalue weighted by Crippen LogP contribution is 2.21. The van der Waals surface area contributed by atoms with E-state index in [2.05, 4.69) is 9.97 Å². The number of fused-ring (bicyclic) bond motifs is 1. The number of esters is 1. The molecule has 1 heterocycles. The molecule has 1 aromatic heterocycles. The van der Waals surface area contributed by atoms with E-state index in [1.165, 1.54) is 0 Å². The van der Waals surface area contributed by atoms with Crippen LogP contribution in [0.4, 0.5) is 0 Å². The fraction of sp³-hybridized carbons (Fsp3) is 0.125. The fourth-order valence-electron chi connectivity index (χ4n) is 2.10. The fourth-order valence-corrected chi connectivity index (χ4v) is 2.10. The quantitative estimate of drug-likeness (QED) is 0.739. The van der Waals surface area contributed by atoms with Gasteiger partial charge in [-0.15, -0.1) is 0 Å². The van der Waals surface area contributed by atoms with Crippen LogP contribution in [-0.2, 0) is 4.74 Å². The van der Waals surface area contributed by atoms with E-state index in [-0.39, 0.29) is 5.97 Å². The molecule has 0 saturated carbocycles. The molecule has 0 saturated heterocycles. The van der Waals surface area contributed by atoms with Crippen LogP contribution in [0.3, 0.4) is 0 Å². The highest BCUT2D eigenvalue weighted by molar-refractivity contribution is 5.91. The summed E-state index contributed by atoms with van der Waals surface area (Å²) in [6.07, 6.45) is 0. The smallest absolute Gasteiger partial charge is 0.338 e. The van der Waals surface area contributed by atoms with Gasteiger partial charge in [0.15, 0.2) is 0 Å². The topological polar surface area (TPSA) is 55.0 Å². The molecule has 100 valence electrons. The minimum atomic E-state index is -0.314. The van der Waals surface area contributed by atoms with Crippen molar-refractivity contribution < 1.29 is 9.53 Å². The van der Waals surface area contributed by atoms with Gasteiger partial charge in [-0.2, -0.15) is 0 Å². The predicted octanol–water partition coefficient (Wildman–Crippen LogP) is 3.41. The minimum Gasteiger partial charge on any atom is -0.462 e. The normalized spacial score (nSPS) is 10.7. The molecule has 4 heteroatoms. The molecule has 0 aliphatic heterocycles. The molecular weight excluding hydrogens is 252 g/mol. The predicted molar refractivity (Wildman–Crippen MR) is 77.5 cm³/mol. The summed E-state index contributed by atoms with van der Waals surface area (Å²) in [6, 6.07) is 15.1. The number of nitrogens with one attached hydrogen (secondary N) is 1. The van der Waals surface area contributed by atoms with Crippen LogP contribution >= 0.6 is 0 Å². The Morgan fingerprint density at radius 3 is 2.85 bits per heavy atom. The lowest BCUT2D eigenvalue weighted by Gasteiger charge is -2.03. The zero-order valence-corrected chi connectivity index (χ0v) is 11.1. The van der Waals surface area contributed by atoms with Crippen molar-refractivity contribution in [2.24, 2.45) is 0 Å². The Kier molecular flexibility index (Phi) is 3.21. The van der Waals surface area contributed by atoms with E-state index >= 15 is 0 Å². The van der Waals surface area contributed by atoms with E-state index in [0.29, 0.717) is 12.2 Å². The summed E-state index contributed by atoms with van der Waals surface area (Å²) in [6.45, 7) is 2.16. The molecule has 0 unspecified atom stereocenters. The van der Waals surface area contributed by atoms with Gasteiger partial charge in [0.05, 0.1) is 23.2 Å². The molecule has 0 fully saturated rings. The SMILES string of the molecule is CCOC(=O)c1cccc(-c2nc3ccccc3[nH]2)c1. The van der Waals surface area contributed by atoms with Crippen molar-refractivity contribution in [1.29, 1.82) is 0 Å². The van der Waals surface area contributed by atoms with Gasteiger partial charge in [-0.05, 0) is 31.2 Å². The lowest BCUT2D eigenvalue weighted by atomic mass is 10.1. The van der Waals surface area contributed by atoms with E-state index in [1.807, 2.05) is 36.4 Å². The second-order valence-corrected chi connectivity index (χ2v) is 4.40. The van der Waals surface area contributed by atoms with Gasteiger partial charge in [0.1, 0.15) is 5.82 Å². The zero-order chi connectivity index (χ0) is 13.9. The lowest BCUT2D eigenvalue weighted by Crippen LogP contribution is -2.04. The van der Waals surface area contributed by atoms with Crippen molar-refractivity contribution in [3.8, 4) is 11.4 Å². The lowest BCUT2D eigenvalue weighted by molar-refractivity contribution is 0.0526. The highest BCUT2D eigenvalue weighted by atomic mass is 16.5. The maximum atomic E-state index is 11.7. The molecule has 0 atom stereocenters. The second-order valence-electron chi connectivity index (χ2n) is 4.40. The zero-order valence-electron chi connectivity index (χ0n) is 11.1. The molecule has 3 rings (SSSR count). The Balaban J connectivity index is 2.01. The monoisotopic (exact) mass is 266 g/mol. The van der Waals surface area contributed by atoms with Gasteiger partial charge in [-0.1, -0.05) is 24.3 Å². The molecule has 0 aliphatic rings. The summed E-state index contributed by atoms with van der Waals surface area (Å²) in [4.78, 5) is 19.5. The van der Waals surface area contributed by atoms with Crippen molar-refractivity contribution >= 4 is 17.0 Å². The van der Waals surface area contributed by atoms with Gasteiger partial charge in [-0.25, -0.2) is 9.78 Å². The summed E-state index contributed by atoms with van der Waals surface area (Å²) in [5.41, 5.74) is 3.28. The third kappa shape index (κ3) is 2.28. The number of aromatic nitrogens is 2. The molecule has 4 nitrogen and oxygen atoms in total. The third-order valence-corrected chi connectivity index (χ3v) is 3.04. The van der Waals surface area contributed by atoms with Gasteiger partial charge in [0.2, 0.25) is 0 Å². The summed E-state index contributed by atoms with van der Waals surface area (Å²) in [7, 11) is 0. The molecule has 0 aliphatic carbocycles. The van der Waals surface area contributed by atoms with Crippen LogP contribution in [0, 0.1) is 0 Å². The summed E-state index contributed by atoms with van der Waals surface area (Å²) >= 11 is 0. The van der Waals surface area contributed by atoms with Gasteiger partial charge >= 0.3 is 5.97 Å². The molecule has 0 bridgehead atoms. The average Bonchev–Trinajstić information content (AvgIpc) is 2.91. The number of hydrogen-bond acceptors (Lipinski definition) is 3. The van der Waals surface area contributed by atoms with Crippen molar-refractivity contribution in [2.75, 3.05) is 6.61 Å². The van der Waals surface area contributed by atoms with Crippen LogP contribution in [0.25, 0.3) is 22.4 Å². The van der Waals surface area contributed by atoms with Crippen LogP contribution < -0.4 is 0 Å². The van der Waals surface area contributed by atoms with Gasteiger partial charge in [0, 0.05) is 5.56 Å². The molecule has 0 spiro atoms. The van der Waals surface area contributed by atoms with Gasteiger partial charge in [-0.3, -0.25) is 0 Å². The van der Waals surface area contributed by atoms with Crippen LogP contribution in [0.5, 0.6) is 0 Å². The third-order valence-electron chi connectivity index (χ3n) is 3.04. The average molecular weight is 266 g/mol. The first-order chi connectivity index (χ1) is 9.78. The number of hydrogen-bond donors (Lipinski definition) is 1. The summed E-state index contributed by atoms with van der Waals surface area (Å²) < 4.78 is 5.01. The van der Waals surface area contributed by atoms with Crippen molar-refractivity contribution in [3.63, 3.8) is 0 Å². The Hall–Kier alpha value is -2.62. The first-order valence-electron chi connectivity index (χ1n) is 6.50. The van der Waals surface area contributed by atoms with Crippen molar-refractivity contribution in [1.82, 2.24) is 9.97 Å². The van der Waals surface area contributed by atoms with Crippen molar-refractivity contribution in [2.45, 2.75) is 6.92 Å².